The third kappa shape index (κ3) is 3.71. The summed E-state index contributed by atoms with van der Waals surface area (Å²) in [5.74, 6) is 0.673. The van der Waals surface area contributed by atoms with E-state index in [0.717, 1.165) is 16.2 Å². The van der Waals surface area contributed by atoms with E-state index in [1.165, 1.54) is 11.3 Å². The molecule has 3 rings (SSSR count). The molecule has 1 aliphatic rings. The van der Waals surface area contributed by atoms with Crippen molar-refractivity contribution >= 4 is 40.4 Å². The third-order valence-electron chi connectivity index (χ3n) is 3.61. The summed E-state index contributed by atoms with van der Waals surface area (Å²) in [4.78, 5) is 15.6. The molecular formula is C17H15Cl2NO2S. The van der Waals surface area contributed by atoms with Gasteiger partial charge in [-0.1, -0.05) is 29.3 Å². The quantitative estimate of drug-likeness (QED) is 0.724. The summed E-state index contributed by atoms with van der Waals surface area (Å²) in [6.45, 7) is 4.70. The lowest BCUT2D eigenvalue weighted by atomic mass is 10.1. The maximum atomic E-state index is 12.8. The van der Waals surface area contributed by atoms with Crippen molar-refractivity contribution in [3.8, 4) is 5.75 Å². The van der Waals surface area contributed by atoms with Gasteiger partial charge in [-0.05, 0) is 35.9 Å². The number of fused-ring (bicyclic) bond motifs is 1. The fourth-order valence-electron chi connectivity index (χ4n) is 2.57. The first-order valence-corrected chi connectivity index (χ1v) is 8.73. The monoisotopic (exact) mass is 367 g/mol. The highest BCUT2D eigenvalue weighted by Gasteiger charge is 2.32. The summed E-state index contributed by atoms with van der Waals surface area (Å²) in [6, 6.07) is 9.19. The van der Waals surface area contributed by atoms with Gasteiger partial charge < -0.3 is 9.64 Å². The Morgan fingerprint density at radius 3 is 2.91 bits per heavy atom. The van der Waals surface area contributed by atoms with Crippen LogP contribution >= 0.6 is 34.5 Å². The standard InChI is InChI=1S/C17H15Cl2NO2S/c1-2-7-20(10-13-4-6-16(19)23-13)17(21)15-9-11-8-12(18)3-5-14(11)22-15/h2-6,8,15H,1,7,9-10H2. The van der Waals surface area contributed by atoms with Crippen molar-refractivity contribution in [1.82, 2.24) is 4.90 Å². The topological polar surface area (TPSA) is 29.5 Å². The van der Waals surface area contributed by atoms with Crippen LogP contribution < -0.4 is 4.74 Å². The molecule has 0 spiro atoms. The van der Waals surface area contributed by atoms with Gasteiger partial charge in [-0.25, -0.2) is 0 Å². The van der Waals surface area contributed by atoms with E-state index >= 15 is 0 Å². The Bertz CT molecular complexity index is 744. The third-order valence-corrected chi connectivity index (χ3v) is 5.06. The van der Waals surface area contributed by atoms with E-state index < -0.39 is 6.10 Å². The SMILES string of the molecule is C=CCN(Cc1ccc(Cl)s1)C(=O)C1Cc2cc(Cl)ccc2O1. The number of amides is 1. The zero-order valence-corrected chi connectivity index (χ0v) is 14.6. The van der Waals surface area contributed by atoms with Gasteiger partial charge in [0.05, 0.1) is 10.9 Å². The number of benzene rings is 1. The van der Waals surface area contributed by atoms with Gasteiger partial charge in [0, 0.05) is 22.9 Å². The normalized spacial score (nSPS) is 15.8. The second kappa shape index (κ2) is 6.95. The van der Waals surface area contributed by atoms with E-state index in [1.807, 2.05) is 24.3 Å². The minimum Gasteiger partial charge on any atom is -0.480 e. The molecule has 0 fully saturated rings. The Kier molecular flexibility index (Phi) is 4.95. The fourth-order valence-corrected chi connectivity index (χ4v) is 3.87. The Morgan fingerprint density at radius 2 is 2.22 bits per heavy atom. The van der Waals surface area contributed by atoms with E-state index in [0.29, 0.717) is 28.9 Å². The average Bonchev–Trinajstić information content (AvgIpc) is 3.11. The molecule has 23 heavy (non-hydrogen) atoms. The van der Waals surface area contributed by atoms with Crippen LogP contribution in [0.4, 0.5) is 0 Å². The largest absolute Gasteiger partial charge is 0.480 e. The van der Waals surface area contributed by atoms with Crippen LogP contribution in [0.25, 0.3) is 0 Å². The Labute approximate surface area is 149 Å². The van der Waals surface area contributed by atoms with Crippen LogP contribution in [0.2, 0.25) is 9.36 Å². The van der Waals surface area contributed by atoms with Crippen molar-refractivity contribution in [3.63, 3.8) is 0 Å². The molecule has 1 unspecified atom stereocenters. The second-order valence-electron chi connectivity index (χ2n) is 5.28. The van der Waals surface area contributed by atoms with E-state index in [9.17, 15) is 4.79 Å². The van der Waals surface area contributed by atoms with Gasteiger partial charge >= 0.3 is 0 Å². The second-order valence-corrected chi connectivity index (χ2v) is 7.51. The van der Waals surface area contributed by atoms with E-state index in [-0.39, 0.29) is 5.91 Å². The van der Waals surface area contributed by atoms with Gasteiger partial charge in [0.15, 0.2) is 6.10 Å². The summed E-state index contributed by atoms with van der Waals surface area (Å²) >= 11 is 13.4. The highest BCUT2D eigenvalue weighted by Crippen LogP contribution is 2.32. The first kappa shape index (κ1) is 16.4. The Morgan fingerprint density at radius 1 is 1.39 bits per heavy atom. The lowest BCUT2D eigenvalue weighted by Crippen LogP contribution is -2.40. The molecule has 6 heteroatoms. The molecule has 1 aromatic carbocycles. The highest BCUT2D eigenvalue weighted by atomic mass is 35.5. The predicted octanol–water partition coefficient (Wildman–Crippen LogP) is 4.57. The van der Waals surface area contributed by atoms with Crippen LogP contribution in [0.5, 0.6) is 5.75 Å². The van der Waals surface area contributed by atoms with Crippen molar-refractivity contribution in [2.45, 2.75) is 19.1 Å². The summed E-state index contributed by atoms with van der Waals surface area (Å²) in [6.07, 6.45) is 1.73. The first-order valence-electron chi connectivity index (χ1n) is 7.16. The van der Waals surface area contributed by atoms with Crippen molar-refractivity contribution in [3.05, 3.63) is 62.8 Å². The van der Waals surface area contributed by atoms with E-state index in [4.69, 9.17) is 27.9 Å². The molecule has 0 radical (unpaired) electrons. The van der Waals surface area contributed by atoms with Crippen LogP contribution in [0.3, 0.4) is 0 Å². The number of nitrogens with zero attached hydrogens (tertiary/aromatic N) is 1. The lowest BCUT2D eigenvalue weighted by Gasteiger charge is -2.23. The fraction of sp³-hybridized carbons (Fsp3) is 0.235. The van der Waals surface area contributed by atoms with Crippen LogP contribution in [-0.2, 0) is 17.8 Å². The van der Waals surface area contributed by atoms with Crippen molar-refractivity contribution in [2.24, 2.45) is 0 Å². The maximum Gasteiger partial charge on any atom is 0.264 e. The summed E-state index contributed by atoms with van der Waals surface area (Å²) in [7, 11) is 0. The van der Waals surface area contributed by atoms with E-state index in [2.05, 4.69) is 6.58 Å². The number of ether oxygens (including phenoxy) is 1. The molecule has 0 aliphatic carbocycles. The first-order chi connectivity index (χ1) is 11.1. The lowest BCUT2D eigenvalue weighted by molar-refractivity contribution is -0.137. The molecule has 1 aliphatic heterocycles. The molecule has 0 saturated heterocycles. The summed E-state index contributed by atoms with van der Waals surface area (Å²) in [5, 5.41) is 0.650. The van der Waals surface area contributed by atoms with Crippen LogP contribution in [0.15, 0.2) is 43.0 Å². The van der Waals surface area contributed by atoms with Crippen LogP contribution in [0.1, 0.15) is 10.4 Å². The molecule has 2 heterocycles. The summed E-state index contributed by atoms with van der Waals surface area (Å²) < 4.78 is 6.50. The van der Waals surface area contributed by atoms with Crippen molar-refractivity contribution < 1.29 is 9.53 Å². The van der Waals surface area contributed by atoms with Gasteiger partial charge in [-0.2, -0.15) is 0 Å². The Balaban J connectivity index is 1.73. The van der Waals surface area contributed by atoms with Gasteiger partial charge in [0.2, 0.25) is 0 Å². The molecular weight excluding hydrogens is 353 g/mol. The molecule has 0 saturated carbocycles. The van der Waals surface area contributed by atoms with Crippen molar-refractivity contribution in [1.29, 1.82) is 0 Å². The van der Waals surface area contributed by atoms with Gasteiger partial charge in [-0.15, -0.1) is 17.9 Å². The molecule has 1 atom stereocenters. The van der Waals surface area contributed by atoms with Crippen LogP contribution in [0, 0.1) is 0 Å². The molecule has 120 valence electrons. The maximum absolute atomic E-state index is 12.8. The summed E-state index contributed by atoms with van der Waals surface area (Å²) in [5.41, 5.74) is 0.966. The minimum atomic E-state index is -0.515. The molecule has 1 amide bonds. The number of rotatable bonds is 5. The number of hydrogen-bond acceptors (Lipinski definition) is 3. The molecule has 3 nitrogen and oxygen atoms in total. The predicted molar refractivity (Wildman–Crippen MR) is 94.5 cm³/mol. The zero-order chi connectivity index (χ0) is 16.4. The molecule has 2 aromatic rings. The van der Waals surface area contributed by atoms with Gasteiger partial charge in [-0.3, -0.25) is 4.79 Å². The number of carbonyl (C=O) groups is 1. The van der Waals surface area contributed by atoms with Crippen molar-refractivity contribution in [2.75, 3.05) is 6.54 Å². The minimum absolute atomic E-state index is 0.0539. The zero-order valence-electron chi connectivity index (χ0n) is 12.3. The van der Waals surface area contributed by atoms with Crippen LogP contribution in [-0.4, -0.2) is 23.5 Å². The van der Waals surface area contributed by atoms with Gasteiger partial charge in [0.25, 0.3) is 5.91 Å². The van der Waals surface area contributed by atoms with E-state index in [1.54, 1.807) is 17.0 Å². The average molecular weight is 368 g/mol. The smallest absolute Gasteiger partial charge is 0.264 e. The highest BCUT2D eigenvalue weighted by molar-refractivity contribution is 7.16. The number of thiophene rings is 1. The number of halogens is 2. The molecule has 0 N–H and O–H groups in total. The number of carbonyl (C=O) groups excluding carboxylic acids is 1. The Hall–Kier alpha value is -1.49. The number of hydrogen-bond donors (Lipinski definition) is 0. The molecule has 0 bridgehead atoms. The molecule has 1 aromatic heterocycles. The van der Waals surface area contributed by atoms with Gasteiger partial charge in [0.1, 0.15) is 5.75 Å².